The van der Waals surface area contributed by atoms with Crippen LogP contribution in [-0.4, -0.2) is 20.9 Å². The van der Waals surface area contributed by atoms with Gasteiger partial charge in [0.15, 0.2) is 0 Å². The molecule has 0 bridgehead atoms. The number of aryl methyl sites for hydroxylation is 2. The largest absolute Gasteiger partial charge is 0.473 e. The van der Waals surface area contributed by atoms with Crippen molar-refractivity contribution < 1.29 is 4.74 Å². The molecule has 0 amide bonds. The molecule has 0 aromatic carbocycles. The molecule has 5 nitrogen and oxygen atoms in total. The van der Waals surface area contributed by atoms with Crippen molar-refractivity contribution in [2.45, 2.75) is 33.4 Å². The zero-order valence-corrected chi connectivity index (χ0v) is 11.8. The van der Waals surface area contributed by atoms with E-state index in [0.717, 1.165) is 11.4 Å². The summed E-state index contributed by atoms with van der Waals surface area (Å²) in [5, 5.41) is 7.67. The Kier molecular flexibility index (Phi) is 4.04. The van der Waals surface area contributed by atoms with E-state index in [9.17, 15) is 0 Å². The highest BCUT2D eigenvalue weighted by Gasteiger charge is 2.08. The van der Waals surface area contributed by atoms with Crippen molar-refractivity contribution in [3.63, 3.8) is 0 Å². The standard InChI is InChI=1S/C14H20N4O/c1-10(2)19-14-13(6-5-7-15-14)16-8-12-9-18(4)17-11(12)3/h5-7,9-10,16H,8H2,1-4H3. The Morgan fingerprint density at radius 2 is 2.21 bits per heavy atom. The van der Waals surface area contributed by atoms with E-state index in [2.05, 4.69) is 15.4 Å². The van der Waals surface area contributed by atoms with Crippen LogP contribution in [0.2, 0.25) is 0 Å². The Morgan fingerprint density at radius 3 is 2.84 bits per heavy atom. The average Bonchev–Trinajstić information content (AvgIpc) is 2.66. The summed E-state index contributed by atoms with van der Waals surface area (Å²) in [4.78, 5) is 4.25. The molecule has 0 radical (unpaired) electrons. The van der Waals surface area contributed by atoms with E-state index in [1.807, 2.05) is 50.8 Å². The monoisotopic (exact) mass is 260 g/mol. The minimum Gasteiger partial charge on any atom is -0.473 e. The van der Waals surface area contributed by atoms with Crippen molar-refractivity contribution in [1.82, 2.24) is 14.8 Å². The van der Waals surface area contributed by atoms with Crippen LogP contribution in [0.4, 0.5) is 5.69 Å². The molecule has 102 valence electrons. The second-order valence-corrected chi connectivity index (χ2v) is 4.79. The highest BCUT2D eigenvalue weighted by Crippen LogP contribution is 2.22. The molecule has 0 aliphatic rings. The van der Waals surface area contributed by atoms with Gasteiger partial charge >= 0.3 is 0 Å². The molecule has 2 rings (SSSR count). The van der Waals surface area contributed by atoms with Gasteiger partial charge in [0.1, 0.15) is 0 Å². The van der Waals surface area contributed by atoms with Crippen LogP contribution in [0.5, 0.6) is 5.88 Å². The van der Waals surface area contributed by atoms with Crippen molar-refractivity contribution in [3.8, 4) is 5.88 Å². The summed E-state index contributed by atoms with van der Waals surface area (Å²) in [6.07, 6.45) is 3.86. The van der Waals surface area contributed by atoms with Crippen LogP contribution in [0.15, 0.2) is 24.5 Å². The molecule has 0 aliphatic heterocycles. The van der Waals surface area contributed by atoms with Crippen LogP contribution in [0.1, 0.15) is 25.1 Å². The van der Waals surface area contributed by atoms with Gasteiger partial charge in [0.25, 0.3) is 0 Å². The maximum absolute atomic E-state index is 5.67. The third-order valence-electron chi connectivity index (χ3n) is 2.70. The predicted molar refractivity (Wildman–Crippen MR) is 75.3 cm³/mol. The lowest BCUT2D eigenvalue weighted by atomic mass is 10.2. The van der Waals surface area contributed by atoms with Gasteiger partial charge in [-0.15, -0.1) is 0 Å². The van der Waals surface area contributed by atoms with Crippen LogP contribution in [-0.2, 0) is 13.6 Å². The highest BCUT2D eigenvalue weighted by atomic mass is 16.5. The SMILES string of the molecule is Cc1nn(C)cc1CNc1cccnc1OC(C)C. The van der Waals surface area contributed by atoms with Gasteiger partial charge < -0.3 is 10.1 Å². The molecule has 0 aliphatic carbocycles. The zero-order valence-electron chi connectivity index (χ0n) is 11.8. The van der Waals surface area contributed by atoms with Crippen molar-refractivity contribution >= 4 is 5.69 Å². The molecule has 0 spiro atoms. The topological polar surface area (TPSA) is 52.0 Å². The third kappa shape index (κ3) is 3.47. The average molecular weight is 260 g/mol. The van der Waals surface area contributed by atoms with Crippen molar-refractivity contribution in [3.05, 3.63) is 35.8 Å². The molecule has 1 N–H and O–H groups in total. The molecule has 2 aromatic rings. The summed E-state index contributed by atoms with van der Waals surface area (Å²) in [6, 6.07) is 3.86. The Balaban J connectivity index is 2.09. The zero-order chi connectivity index (χ0) is 13.8. The number of nitrogens with one attached hydrogen (secondary N) is 1. The molecule has 0 saturated heterocycles. The Bertz CT molecular complexity index is 548. The van der Waals surface area contributed by atoms with Crippen LogP contribution >= 0.6 is 0 Å². The first kappa shape index (κ1) is 13.4. The predicted octanol–water partition coefficient (Wildman–Crippen LogP) is 2.52. The van der Waals surface area contributed by atoms with E-state index in [-0.39, 0.29) is 6.10 Å². The normalized spacial score (nSPS) is 10.8. The molecule has 0 saturated carbocycles. The smallest absolute Gasteiger partial charge is 0.237 e. The van der Waals surface area contributed by atoms with Crippen LogP contribution in [0.3, 0.4) is 0 Å². The van der Waals surface area contributed by atoms with E-state index >= 15 is 0 Å². The fraction of sp³-hybridized carbons (Fsp3) is 0.429. The number of aromatic nitrogens is 3. The summed E-state index contributed by atoms with van der Waals surface area (Å²) >= 11 is 0. The molecular formula is C14H20N4O. The molecular weight excluding hydrogens is 240 g/mol. The quantitative estimate of drug-likeness (QED) is 0.897. The Labute approximate surface area is 113 Å². The lowest BCUT2D eigenvalue weighted by Gasteiger charge is -2.13. The fourth-order valence-electron chi connectivity index (χ4n) is 1.86. The van der Waals surface area contributed by atoms with Crippen molar-refractivity contribution in [1.29, 1.82) is 0 Å². The van der Waals surface area contributed by atoms with E-state index in [0.29, 0.717) is 12.4 Å². The maximum atomic E-state index is 5.67. The number of nitrogens with zero attached hydrogens (tertiary/aromatic N) is 3. The summed E-state index contributed by atoms with van der Waals surface area (Å²) < 4.78 is 7.50. The molecule has 2 aromatic heterocycles. The first-order valence-corrected chi connectivity index (χ1v) is 6.41. The molecule has 2 heterocycles. The van der Waals surface area contributed by atoms with Gasteiger partial charge in [-0.25, -0.2) is 4.98 Å². The Morgan fingerprint density at radius 1 is 1.42 bits per heavy atom. The molecule has 5 heteroatoms. The van der Waals surface area contributed by atoms with Crippen LogP contribution in [0, 0.1) is 6.92 Å². The highest BCUT2D eigenvalue weighted by molar-refractivity contribution is 5.52. The molecule has 0 fully saturated rings. The second-order valence-electron chi connectivity index (χ2n) is 4.79. The summed E-state index contributed by atoms with van der Waals surface area (Å²) in [5.41, 5.74) is 3.10. The van der Waals surface area contributed by atoms with Crippen LogP contribution in [0.25, 0.3) is 0 Å². The van der Waals surface area contributed by atoms with E-state index in [1.165, 1.54) is 5.56 Å². The number of hydrogen-bond acceptors (Lipinski definition) is 4. The molecule has 0 atom stereocenters. The summed E-state index contributed by atoms with van der Waals surface area (Å²) in [6.45, 7) is 6.69. The lowest BCUT2D eigenvalue weighted by molar-refractivity contribution is 0.234. The van der Waals surface area contributed by atoms with E-state index in [1.54, 1.807) is 6.20 Å². The maximum Gasteiger partial charge on any atom is 0.237 e. The van der Waals surface area contributed by atoms with Gasteiger partial charge in [0.2, 0.25) is 5.88 Å². The van der Waals surface area contributed by atoms with Gasteiger partial charge in [-0.3, -0.25) is 4.68 Å². The van der Waals surface area contributed by atoms with Gasteiger partial charge in [0, 0.05) is 31.5 Å². The van der Waals surface area contributed by atoms with Crippen molar-refractivity contribution in [2.75, 3.05) is 5.32 Å². The van der Waals surface area contributed by atoms with E-state index < -0.39 is 0 Å². The van der Waals surface area contributed by atoms with Gasteiger partial charge in [-0.05, 0) is 32.9 Å². The summed E-state index contributed by atoms with van der Waals surface area (Å²) in [7, 11) is 1.92. The number of hydrogen-bond donors (Lipinski definition) is 1. The number of ether oxygens (including phenoxy) is 1. The first-order chi connectivity index (χ1) is 9.06. The first-order valence-electron chi connectivity index (χ1n) is 6.41. The fourth-order valence-corrected chi connectivity index (χ4v) is 1.86. The molecule has 19 heavy (non-hydrogen) atoms. The second kappa shape index (κ2) is 5.73. The summed E-state index contributed by atoms with van der Waals surface area (Å²) in [5.74, 6) is 0.638. The van der Waals surface area contributed by atoms with Gasteiger partial charge in [-0.1, -0.05) is 0 Å². The van der Waals surface area contributed by atoms with Gasteiger partial charge in [-0.2, -0.15) is 5.10 Å². The minimum atomic E-state index is 0.107. The number of pyridine rings is 1. The van der Waals surface area contributed by atoms with Crippen molar-refractivity contribution in [2.24, 2.45) is 7.05 Å². The Hall–Kier alpha value is -2.04. The number of anilines is 1. The third-order valence-corrected chi connectivity index (χ3v) is 2.70. The molecule has 0 unspecified atom stereocenters. The minimum absolute atomic E-state index is 0.107. The lowest BCUT2D eigenvalue weighted by Crippen LogP contribution is -2.10. The van der Waals surface area contributed by atoms with E-state index in [4.69, 9.17) is 4.74 Å². The van der Waals surface area contributed by atoms with Crippen LogP contribution < -0.4 is 10.1 Å². The number of rotatable bonds is 5. The van der Waals surface area contributed by atoms with Gasteiger partial charge in [0.05, 0.1) is 17.5 Å².